The third-order valence-corrected chi connectivity index (χ3v) is 4.18. The van der Waals surface area contributed by atoms with Crippen molar-refractivity contribution in [2.24, 2.45) is 0 Å². The van der Waals surface area contributed by atoms with Gasteiger partial charge in [-0.1, -0.05) is 6.07 Å². The zero-order valence-electron chi connectivity index (χ0n) is 14.0. The van der Waals surface area contributed by atoms with E-state index in [1.807, 2.05) is 0 Å². The number of hydrogen-bond donors (Lipinski definition) is 0. The van der Waals surface area contributed by atoms with Crippen LogP contribution in [0, 0.1) is 0 Å². The lowest BCUT2D eigenvalue weighted by molar-refractivity contribution is -0.149. The Morgan fingerprint density at radius 1 is 0.846 bits per heavy atom. The van der Waals surface area contributed by atoms with Crippen LogP contribution in [0.1, 0.15) is 11.1 Å². The first kappa shape index (κ1) is 16.0. The minimum atomic E-state index is -0.730. The summed E-state index contributed by atoms with van der Waals surface area (Å²) < 4.78 is 26.0. The maximum Gasteiger partial charge on any atom is 0.347 e. The molecule has 0 unspecified atom stereocenters. The molecule has 0 atom stereocenters. The van der Waals surface area contributed by atoms with Gasteiger partial charge in [-0.15, -0.1) is 0 Å². The van der Waals surface area contributed by atoms with E-state index in [4.69, 9.17) is 23.7 Å². The largest absolute Gasteiger partial charge is 0.497 e. The van der Waals surface area contributed by atoms with Crippen LogP contribution in [0.25, 0.3) is 11.1 Å². The molecule has 7 nitrogen and oxygen atoms in total. The van der Waals surface area contributed by atoms with Crippen LogP contribution in [0.4, 0.5) is 0 Å². The Morgan fingerprint density at radius 2 is 1.62 bits per heavy atom. The van der Waals surface area contributed by atoms with Crippen molar-refractivity contribution in [1.29, 1.82) is 0 Å². The number of benzene rings is 2. The van der Waals surface area contributed by atoms with Crippen LogP contribution < -0.4 is 18.9 Å². The molecule has 132 valence electrons. The number of ether oxygens (including phenoxy) is 5. The Balaban J connectivity index is 1.91. The molecule has 4 rings (SSSR count). The lowest BCUT2D eigenvalue weighted by Crippen LogP contribution is -2.02. The van der Waals surface area contributed by atoms with Crippen molar-refractivity contribution in [2.75, 3.05) is 21.0 Å². The number of hydrogen-bond acceptors (Lipinski definition) is 7. The van der Waals surface area contributed by atoms with Gasteiger partial charge in [-0.05, 0) is 29.8 Å². The van der Waals surface area contributed by atoms with Gasteiger partial charge in [-0.3, -0.25) is 0 Å². The normalized spacial score (nSPS) is 15.3. The fourth-order valence-electron chi connectivity index (χ4n) is 2.95. The summed E-state index contributed by atoms with van der Waals surface area (Å²) in [6.45, 7) is 0.111. The summed E-state index contributed by atoms with van der Waals surface area (Å²) in [5.74, 6) is 0.587. The van der Waals surface area contributed by atoms with Crippen LogP contribution in [0.2, 0.25) is 0 Å². The van der Waals surface area contributed by atoms with Crippen LogP contribution in [0.15, 0.2) is 36.4 Å². The molecule has 2 aromatic rings. The molecule has 0 bridgehead atoms. The SMILES string of the molecule is COc1ccc(C2=C(c3ccc4c(c3)OCO4)C(=O)OC2=O)c(OC)c1. The third-order valence-electron chi connectivity index (χ3n) is 4.18. The van der Waals surface area contributed by atoms with E-state index in [2.05, 4.69) is 0 Å². The molecule has 2 aromatic carbocycles. The Kier molecular flexibility index (Phi) is 3.76. The van der Waals surface area contributed by atoms with E-state index in [1.165, 1.54) is 14.2 Å². The summed E-state index contributed by atoms with van der Waals surface area (Å²) in [6.07, 6.45) is 0. The van der Waals surface area contributed by atoms with E-state index in [-0.39, 0.29) is 17.9 Å². The molecule has 0 N–H and O–H groups in total. The molecule has 2 aliphatic rings. The number of rotatable bonds is 4. The summed E-state index contributed by atoms with van der Waals surface area (Å²) in [6, 6.07) is 9.98. The maximum absolute atomic E-state index is 12.4. The van der Waals surface area contributed by atoms with Gasteiger partial charge in [0.2, 0.25) is 6.79 Å². The van der Waals surface area contributed by atoms with Crippen molar-refractivity contribution in [2.45, 2.75) is 0 Å². The lowest BCUT2D eigenvalue weighted by atomic mass is 9.95. The molecule has 26 heavy (non-hydrogen) atoms. The van der Waals surface area contributed by atoms with Crippen LogP contribution in [0.5, 0.6) is 23.0 Å². The van der Waals surface area contributed by atoms with E-state index in [0.717, 1.165) is 0 Å². The van der Waals surface area contributed by atoms with Crippen LogP contribution in [-0.4, -0.2) is 33.0 Å². The smallest absolute Gasteiger partial charge is 0.347 e. The second kappa shape index (κ2) is 6.11. The molecular formula is C19H14O7. The van der Waals surface area contributed by atoms with Crippen molar-refractivity contribution in [3.63, 3.8) is 0 Å². The topological polar surface area (TPSA) is 80.3 Å². The lowest BCUT2D eigenvalue weighted by Gasteiger charge is -2.11. The zero-order chi connectivity index (χ0) is 18.3. The summed E-state index contributed by atoms with van der Waals surface area (Å²) >= 11 is 0. The van der Waals surface area contributed by atoms with Crippen LogP contribution >= 0.6 is 0 Å². The predicted octanol–water partition coefficient (Wildman–Crippen LogP) is 2.43. The summed E-state index contributed by atoms with van der Waals surface area (Å²) in [7, 11) is 3.00. The fraction of sp³-hybridized carbons (Fsp3) is 0.158. The van der Waals surface area contributed by atoms with Crippen molar-refractivity contribution < 1.29 is 33.3 Å². The van der Waals surface area contributed by atoms with Crippen molar-refractivity contribution in [3.8, 4) is 23.0 Å². The van der Waals surface area contributed by atoms with Gasteiger partial charge in [0, 0.05) is 11.6 Å². The number of carbonyl (C=O) groups is 2. The molecule has 0 radical (unpaired) electrons. The minimum absolute atomic E-state index is 0.111. The molecule has 2 aliphatic heterocycles. The second-order valence-corrected chi connectivity index (χ2v) is 5.56. The number of esters is 2. The Bertz CT molecular complexity index is 958. The summed E-state index contributed by atoms with van der Waals surface area (Å²) in [4.78, 5) is 24.7. The van der Waals surface area contributed by atoms with Crippen LogP contribution in [-0.2, 0) is 14.3 Å². The summed E-state index contributed by atoms with van der Waals surface area (Å²) in [5.41, 5.74) is 1.22. The number of carbonyl (C=O) groups excluding carboxylic acids is 2. The average molecular weight is 354 g/mol. The fourth-order valence-corrected chi connectivity index (χ4v) is 2.95. The molecule has 0 saturated heterocycles. The van der Waals surface area contributed by atoms with Gasteiger partial charge >= 0.3 is 11.9 Å². The molecule has 7 heteroatoms. The van der Waals surface area contributed by atoms with E-state index < -0.39 is 11.9 Å². The molecule has 0 aliphatic carbocycles. The van der Waals surface area contributed by atoms with Gasteiger partial charge in [-0.2, -0.15) is 0 Å². The minimum Gasteiger partial charge on any atom is -0.497 e. The zero-order valence-corrected chi connectivity index (χ0v) is 14.0. The molecule has 0 fully saturated rings. The highest BCUT2D eigenvalue weighted by atomic mass is 16.7. The van der Waals surface area contributed by atoms with E-state index >= 15 is 0 Å². The number of cyclic esters (lactones) is 2. The van der Waals surface area contributed by atoms with Crippen LogP contribution in [0.3, 0.4) is 0 Å². The Morgan fingerprint density at radius 3 is 2.38 bits per heavy atom. The third kappa shape index (κ3) is 2.45. The van der Waals surface area contributed by atoms with E-state index in [0.29, 0.717) is 34.1 Å². The highest BCUT2D eigenvalue weighted by Gasteiger charge is 2.37. The van der Waals surface area contributed by atoms with Gasteiger partial charge in [-0.25, -0.2) is 9.59 Å². The van der Waals surface area contributed by atoms with Crippen molar-refractivity contribution in [1.82, 2.24) is 0 Å². The van der Waals surface area contributed by atoms with Gasteiger partial charge in [0.15, 0.2) is 11.5 Å². The first-order chi connectivity index (χ1) is 12.6. The highest BCUT2D eigenvalue weighted by molar-refractivity contribution is 6.45. The Hall–Kier alpha value is -3.48. The molecule has 0 spiro atoms. The van der Waals surface area contributed by atoms with E-state index in [9.17, 15) is 9.59 Å². The monoisotopic (exact) mass is 354 g/mol. The molecule has 0 saturated carbocycles. The Labute approximate surface area is 148 Å². The molecule has 0 aromatic heterocycles. The van der Waals surface area contributed by atoms with Gasteiger partial charge in [0.1, 0.15) is 11.5 Å². The standard InChI is InChI=1S/C19H14O7/c1-22-11-4-5-12(14(8-11)23-2)17-16(18(20)26-19(17)21)10-3-6-13-15(7-10)25-9-24-13/h3-8H,9H2,1-2H3. The first-order valence-corrected chi connectivity index (χ1v) is 7.75. The number of fused-ring (bicyclic) bond motifs is 1. The maximum atomic E-state index is 12.4. The van der Waals surface area contributed by atoms with Crippen molar-refractivity contribution >= 4 is 23.1 Å². The van der Waals surface area contributed by atoms with Gasteiger partial charge in [0.25, 0.3) is 0 Å². The number of methoxy groups -OCH3 is 2. The quantitative estimate of drug-likeness (QED) is 0.616. The molecule has 0 amide bonds. The predicted molar refractivity (Wildman–Crippen MR) is 90.0 cm³/mol. The summed E-state index contributed by atoms with van der Waals surface area (Å²) in [5, 5.41) is 0. The van der Waals surface area contributed by atoms with Gasteiger partial charge in [0.05, 0.1) is 25.4 Å². The molecular weight excluding hydrogens is 340 g/mol. The highest BCUT2D eigenvalue weighted by Crippen LogP contribution is 2.42. The first-order valence-electron chi connectivity index (χ1n) is 7.75. The van der Waals surface area contributed by atoms with Gasteiger partial charge < -0.3 is 23.7 Å². The molecule has 2 heterocycles. The second-order valence-electron chi connectivity index (χ2n) is 5.56. The average Bonchev–Trinajstić information content (AvgIpc) is 3.23. The van der Waals surface area contributed by atoms with Crippen molar-refractivity contribution in [3.05, 3.63) is 47.5 Å². The van der Waals surface area contributed by atoms with E-state index in [1.54, 1.807) is 36.4 Å².